The third-order valence-electron chi connectivity index (χ3n) is 4.89. The number of hydrogen-bond acceptors (Lipinski definition) is 5. The Morgan fingerprint density at radius 2 is 2.17 bits per heavy atom. The van der Waals surface area contributed by atoms with Crippen LogP contribution in [0.15, 0.2) is 0 Å². The van der Waals surface area contributed by atoms with Crippen LogP contribution >= 0.6 is 0 Å². The van der Waals surface area contributed by atoms with Gasteiger partial charge in [0.05, 0.1) is 12.6 Å². The van der Waals surface area contributed by atoms with Gasteiger partial charge in [-0.15, -0.1) is 10.2 Å². The second-order valence-electron chi connectivity index (χ2n) is 6.61. The van der Waals surface area contributed by atoms with E-state index in [1.165, 1.54) is 12.8 Å². The first-order valence-corrected chi connectivity index (χ1v) is 8.34. The number of carbonyl (C=O) groups excluding carboxylic acids is 1. The third-order valence-corrected chi connectivity index (χ3v) is 4.89. The summed E-state index contributed by atoms with van der Waals surface area (Å²) >= 11 is 0. The average Bonchev–Trinajstić information content (AvgIpc) is 3.15. The van der Waals surface area contributed by atoms with Crippen LogP contribution in [-0.2, 0) is 18.4 Å². The lowest BCUT2D eigenvalue weighted by Gasteiger charge is -2.27. The fourth-order valence-corrected chi connectivity index (χ4v) is 3.34. The van der Waals surface area contributed by atoms with Crippen LogP contribution < -0.4 is 0 Å². The van der Waals surface area contributed by atoms with Crippen molar-refractivity contribution in [2.75, 3.05) is 19.6 Å². The molecule has 0 unspecified atom stereocenters. The number of hydrogen-bond donors (Lipinski definition) is 0. The summed E-state index contributed by atoms with van der Waals surface area (Å²) in [4.78, 5) is 16.3. The van der Waals surface area contributed by atoms with Gasteiger partial charge in [0.25, 0.3) is 0 Å². The lowest BCUT2D eigenvalue weighted by atomic mass is 10.2. The van der Waals surface area contributed by atoms with Crippen LogP contribution in [-0.4, -0.2) is 56.1 Å². The van der Waals surface area contributed by atoms with E-state index < -0.39 is 0 Å². The first-order chi connectivity index (χ1) is 11.1. The predicted molar refractivity (Wildman–Crippen MR) is 84.3 cm³/mol. The SMILES string of the molecule is CC(=O)N(Cc1nnc(C2CC2)n1C)[C@H]1CCN(CCC#N)C1. The summed E-state index contributed by atoms with van der Waals surface area (Å²) in [7, 11) is 2.00. The van der Waals surface area contributed by atoms with Crippen molar-refractivity contribution in [3.63, 3.8) is 0 Å². The summed E-state index contributed by atoms with van der Waals surface area (Å²) in [5, 5.41) is 17.3. The van der Waals surface area contributed by atoms with Crippen molar-refractivity contribution in [1.82, 2.24) is 24.6 Å². The van der Waals surface area contributed by atoms with E-state index in [2.05, 4.69) is 25.7 Å². The Labute approximate surface area is 136 Å². The zero-order chi connectivity index (χ0) is 16.4. The number of likely N-dealkylation sites (tertiary alicyclic amines) is 1. The highest BCUT2D eigenvalue weighted by Crippen LogP contribution is 2.38. The predicted octanol–water partition coefficient (Wildman–Crippen LogP) is 1.03. The third kappa shape index (κ3) is 3.53. The molecule has 1 amide bonds. The highest BCUT2D eigenvalue weighted by molar-refractivity contribution is 5.73. The Bertz CT molecular complexity index is 615. The smallest absolute Gasteiger partial charge is 0.220 e. The van der Waals surface area contributed by atoms with Gasteiger partial charge in [-0.05, 0) is 19.3 Å². The number of nitrogens with zero attached hydrogens (tertiary/aromatic N) is 6. The minimum atomic E-state index is 0.0769. The average molecular weight is 316 g/mol. The van der Waals surface area contributed by atoms with Crippen molar-refractivity contribution in [2.45, 2.75) is 51.1 Å². The molecule has 7 nitrogen and oxygen atoms in total. The molecule has 0 spiro atoms. The summed E-state index contributed by atoms with van der Waals surface area (Å²) in [6.07, 6.45) is 3.89. The van der Waals surface area contributed by atoms with Gasteiger partial charge in [-0.2, -0.15) is 5.26 Å². The highest BCUT2D eigenvalue weighted by atomic mass is 16.2. The fraction of sp³-hybridized carbons (Fsp3) is 0.750. The van der Waals surface area contributed by atoms with E-state index in [1.807, 2.05) is 11.9 Å². The first-order valence-electron chi connectivity index (χ1n) is 8.34. The van der Waals surface area contributed by atoms with Crippen LogP contribution in [0.4, 0.5) is 0 Å². The van der Waals surface area contributed by atoms with Crippen molar-refractivity contribution in [2.24, 2.45) is 7.05 Å². The van der Waals surface area contributed by atoms with Crippen LogP contribution in [0.2, 0.25) is 0 Å². The maximum Gasteiger partial charge on any atom is 0.220 e. The van der Waals surface area contributed by atoms with E-state index in [0.717, 1.165) is 37.7 Å². The number of nitriles is 1. The van der Waals surface area contributed by atoms with Crippen LogP contribution in [0.3, 0.4) is 0 Å². The molecular weight excluding hydrogens is 292 g/mol. The Balaban J connectivity index is 1.66. The van der Waals surface area contributed by atoms with E-state index >= 15 is 0 Å². The van der Waals surface area contributed by atoms with E-state index in [9.17, 15) is 4.79 Å². The number of aromatic nitrogens is 3. The number of amides is 1. The van der Waals surface area contributed by atoms with E-state index in [0.29, 0.717) is 18.9 Å². The molecule has 7 heteroatoms. The first kappa shape index (κ1) is 15.9. The summed E-state index contributed by atoms with van der Waals surface area (Å²) in [6, 6.07) is 2.39. The van der Waals surface area contributed by atoms with E-state index in [-0.39, 0.29) is 11.9 Å². The van der Waals surface area contributed by atoms with E-state index in [4.69, 9.17) is 5.26 Å². The number of rotatable bonds is 6. The minimum Gasteiger partial charge on any atom is -0.331 e. The second-order valence-corrected chi connectivity index (χ2v) is 6.61. The Hall–Kier alpha value is -1.94. The molecule has 23 heavy (non-hydrogen) atoms. The van der Waals surface area contributed by atoms with Gasteiger partial charge in [0.2, 0.25) is 5.91 Å². The van der Waals surface area contributed by atoms with Gasteiger partial charge >= 0.3 is 0 Å². The molecule has 0 radical (unpaired) electrons. The molecule has 1 aliphatic heterocycles. The lowest BCUT2D eigenvalue weighted by molar-refractivity contribution is -0.131. The maximum absolute atomic E-state index is 12.1. The molecule has 0 bridgehead atoms. The molecule has 3 rings (SSSR count). The van der Waals surface area contributed by atoms with Crippen molar-refractivity contribution < 1.29 is 4.79 Å². The maximum atomic E-state index is 12.1. The summed E-state index contributed by atoms with van der Waals surface area (Å²) < 4.78 is 2.05. The van der Waals surface area contributed by atoms with Gasteiger partial charge in [0.1, 0.15) is 5.82 Å². The summed E-state index contributed by atoms with van der Waals surface area (Å²) in [5.74, 6) is 2.54. The Kier molecular flexibility index (Phi) is 4.62. The molecule has 1 aromatic heterocycles. The largest absolute Gasteiger partial charge is 0.331 e. The molecule has 2 fully saturated rings. The van der Waals surface area contributed by atoms with Gasteiger partial charge in [-0.25, -0.2) is 0 Å². The van der Waals surface area contributed by atoms with Gasteiger partial charge in [-0.1, -0.05) is 0 Å². The molecule has 1 saturated carbocycles. The van der Waals surface area contributed by atoms with Crippen molar-refractivity contribution >= 4 is 5.91 Å². The minimum absolute atomic E-state index is 0.0769. The van der Waals surface area contributed by atoms with Crippen molar-refractivity contribution in [1.29, 1.82) is 5.26 Å². The number of carbonyl (C=O) groups is 1. The van der Waals surface area contributed by atoms with Crippen molar-refractivity contribution in [3.05, 3.63) is 11.6 Å². The summed E-state index contributed by atoms with van der Waals surface area (Å²) in [5.41, 5.74) is 0. The molecule has 0 aromatic carbocycles. The monoisotopic (exact) mass is 316 g/mol. The van der Waals surface area contributed by atoms with Crippen LogP contribution in [0.25, 0.3) is 0 Å². The molecule has 0 N–H and O–H groups in total. The highest BCUT2D eigenvalue weighted by Gasteiger charge is 2.32. The zero-order valence-corrected chi connectivity index (χ0v) is 13.9. The van der Waals surface area contributed by atoms with Gasteiger partial charge < -0.3 is 14.4 Å². The molecule has 2 aliphatic rings. The topological polar surface area (TPSA) is 78.1 Å². The molecule has 1 aliphatic carbocycles. The Morgan fingerprint density at radius 3 is 2.83 bits per heavy atom. The Morgan fingerprint density at radius 1 is 1.39 bits per heavy atom. The summed E-state index contributed by atoms with van der Waals surface area (Å²) in [6.45, 7) is 4.71. The van der Waals surface area contributed by atoms with Crippen molar-refractivity contribution in [3.8, 4) is 6.07 Å². The fourth-order valence-electron chi connectivity index (χ4n) is 3.34. The molecule has 1 saturated heterocycles. The normalized spacial score (nSPS) is 21.3. The standard InChI is InChI=1S/C16H24N6O/c1-12(23)22(14-6-9-21(10-14)8-3-7-17)11-15-18-19-16(20(15)2)13-4-5-13/h13-14H,3-6,8-11H2,1-2H3/t14-/m0/s1. The van der Waals surface area contributed by atoms with Crippen LogP contribution in [0.5, 0.6) is 0 Å². The van der Waals surface area contributed by atoms with E-state index in [1.54, 1.807) is 6.92 Å². The van der Waals surface area contributed by atoms with Gasteiger partial charge in [-0.3, -0.25) is 4.79 Å². The van der Waals surface area contributed by atoms with Gasteiger partial charge in [0, 0.05) is 52.0 Å². The zero-order valence-electron chi connectivity index (χ0n) is 13.9. The lowest BCUT2D eigenvalue weighted by Crippen LogP contribution is -2.41. The van der Waals surface area contributed by atoms with Crippen LogP contribution in [0.1, 0.15) is 50.2 Å². The molecule has 1 atom stereocenters. The molecule has 2 heterocycles. The molecule has 1 aromatic rings. The molecular formula is C16H24N6O. The molecule has 124 valence electrons. The van der Waals surface area contributed by atoms with Gasteiger partial charge in [0.15, 0.2) is 5.82 Å². The second kappa shape index (κ2) is 6.67. The van der Waals surface area contributed by atoms with Crippen LogP contribution in [0, 0.1) is 11.3 Å². The quantitative estimate of drug-likeness (QED) is 0.783.